The number of aryl methyl sites for hydroxylation is 2. The van der Waals surface area contributed by atoms with Gasteiger partial charge in [-0.05, 0) is 49.9 Å². The minimum Gasteiger partial charge on any atom is -0.491 e. The number of piperidine rings is 1. The number of hydrogen-bond acceptors (Lipinski definition) is 4. The zero-order valence-electron chi connectivity index (χ0n) is 17.9. The van der Waals surface area contributed by atoms with Crippen LogP contribution >= 0.6 is 0 Å². The van der Waals surface area contributed by atoms with E-state index in [0.29, 0.717) is 26.0 Å². The SMILES string of the molecule is Cc1ccc(C)c(OCCNC(=O)C2CCN(S(=O)(=O)Cc3ccccc3F)CC2)c1. The van der Waals surface area contributed by atoms with Crippen LogP contribution in [0.15, 0.2) is 42.5 Å². The number of halogens is 1. The molecule has 1 amide bonds. The van der Waals surface area contributed by atoms with Crippen molar-refractivity contribution in [2.45, 2.75) is 32.4 Å². The summed E-state index contributed by atoms with van der Waals surface area (Å²) >= 11 is 0. The van der Waals surface area contributed by atoms with Gasteiger partial charge in [0.15, 0.2) is 0 Å². The van der Waals surface area contributed by atoms with Crippen molar-refractivity contribution in [1.29, 1.82) is 0 Å². The van der Waals surface area contributed by atoms with Crippen LogP contribution in [0, 0.1) is 25.6 Å². The first-order valence-electron chi connectivity index (χ1n) is 10.5. The molecule has 2 aromatic carbocycles. The van der Waals surface area contributed by atoms with E-state index < -0.39 is 15.8 Å². The first kappa shape index (κ1) is 23.2. The fraction of sp³-hybridized carbons (Fsp3) is 0.435. The minimum absolute atomic E-state index is 0.0873. The number of carbonyl (C=O) groups is 1. The van der Waals surface area contributed by atoms with E-state index in [2.05, 4.69) is 5.32 Å². The smallest absolute Gasteiger partial charge is 0.223 e. The highest BCUT2D eigenvalue weighted by atomic mass is 32.2. The third kappa shape index (κ3) is 6.27. The standard InChI is InChI=1S/C23H29FN2O4S/c1-17-7-8-18(2)22(15-17)30-14-11-25-23(27)19-9-12-26(13-10-19)31(28,29)16-20-5-3-4-6-21(20)24/h3-8,15,19H,9-14,16H2,1-2H3,(H,25,27). The topological polar surface area (TPSA) is 75.7 Å². The Kier molecular flexibility index (Phi) is 7.67. The predicted octanol–water partition coefficient (Wildman–Crippen LogP) is 3.18. The summed E-state index contributed by atoms with van der Waals surface area (Å²) in [6.07, 6.45) is 0.889. The maximum Gasteiger partial charge on any atom is 0.223 e. The van der Waals surface area contributed by atoms with Crippen molar-refractivity contribution in [3.05, 3.63) is 65.0 Å². The predicted molar refractivity (Wildman–Crippen MR) is 118 cm³/mol. The molecular formula is C23H29FN2O4S. The molecule has 0 aliphatic carbocycles. The molecule has 0 unspecified atom stereocenters. The van der Waals surface area contributed by atoms with Crippen molar-refractivity contribution >= 4 is 15.9 Å². The van der Waals surface area contributed by atoms with Gasteiger partial charge in [-0.2, -0.15) is 0 Å². The Labute approximate surface area is 183 Å². The second-order valence-electron chi connectivity index (χ2n) is 7.93. The Morgan fingerprint density at radius 3 is 2.58 bits per heavy atom. The van der Waals surface area contributed by atoms with Gasteiger partial charge in [0.25, 0.3) is 0 Å². The van der Waals surface area contributed by atoms with Crippen LogP contribution in [0.25, 0.3) is 0 Å². The zero-order chi connectivity index (χ0) is 22.4. The zero-order valence-corrected chi connectivity index (χ0v) is 18.8. The van der Waals surface area contributed by atoms with Crippen LogP contribution in [0.5, 0.6) is 5.75 Å². The van der Waals surface area contributed by atoms with Gasteiger partial charge < -0.3 is 10.1 Å². The molecule has 1 fully saturated rings. The van der Waals surface area contributed by atoms with Gasteiger partial charge in [-0.3, -0.25) is 4.79 Å². The van der Waals surface area contributed by atoms with Crippen LogP contribution in [0.3, 0.4) is 0 Å². The molecule has 0 atom stereocenters. The second-order valence-corrected chi connectivity index (χ2v) is 9.90. The Balaban J connectivity index is 1.43. The van der Waals surface area contributed by atoms with Gasteiger partial charge in [-0.25, -0.2) is 17.1 Å². The van der Waals surface area contributed by atoms with Crippen LogP contribution in [0.1, 0.15) is 29.5 Å². The lowest BCUT2D eigenvalue weighted by atomic mass is 9.97. The average molecular weight is 449 g/mol. The normalized spacial score (nSPS) is 15.6. The van der Waals surface area contributed by atoms with E-state index in [0.717, 1.165) is 16.9 Å². The largest absolute Gasteiger partial charge is 0.491 e. The molecule has 1 N–H and O–H groups in total. The monoisotopic (exact) mass is 448 g/mol. The molecule has 8 heteroatoms. The quantitative estimate of drug-likeness (QED) is 0.630. The highest BCUT2D eigenvalue weighted by molar-refractivity contribution is 7.88. The number of sulfonamides is 1. The van der Waals surface area contributed by atoms with Gasteiger partial charge in [-0.15, -0.1) is 0 Å². The second kappa shape index (κ2) is 10.2. The van der Waals surface area contributed by atoms with Crippen LogP contribution in [0.4, 0.5) is 4.39 Å². The molecule has 168 valence electrons. The highest BCUT2D eigenvalue weighted by Gasteiger charge is 2.31. The molecule has 1 saturated heterocycles. The van der Waals surface area contributed by atoms with Crippen molar-refractivity contribution < 1.29 is 22.3 Å². The van der Waals surface area contributed by atoms with Gasteiger partial charge in [0.1, 0.15) is 18.2 Å². The molecule has 31 heavy (non-hydrogen) atoms. The van der Waals surface area contributed by atoms with Gasteiger partial charge in [-0.1, -0.05) is 30.3 Å². The Morgan fingerprint density at radius 1 is 1.16 bits per heavy atom. The summed E-state index contributed by atoms with van der Waals surface area (Å²) in [5.41, 5.74) is 2.31. The van der Waals surface area contributed by atoms with E-state index in [-0.39, 0.29) is 36.2 Å². The number of hydrogen-bond donors (Lipinski definition) is 1. The highest BCUT2D eigenvalue weighted by Crippen LogP contribution is 2.23. The van der Waals surface area contributed by atoms with Crippen molar-refractivity contribution in [2.75, 3.05) is 26.2 Å². The van der Waals surface area contributed by atoms with Gasteiger partial charge in [0.2, 0.25) is 15.9 Å². The first-order chi connectivity index (χ1) is 14.8. The van der Waals surface area contributed by atoms with Crippen LogP contribution < -0.4 is 10.1 Å². The summed E-state index contributed by atoms with van der Waals surface area (Å²) in [6, 6.07) is 11.9. The molecule has 2 aromatic rings. The fourth-order valence-corrected chi connectivity index (χ4v) is 5.22. The van der Waals surface area contributed by atoms with Crippen molar-refractivity contribution in [3.63, 3.8) is 0 Å². The molecule has 1 heterocycles. The van der Waals surface area contributed by atoms with E-state index in [1.165, 1.54) is 22.5 Å². The van der Waals surface area contributed by atoms with Crippen LogP contribution in [-0.4, -0.2) is 44.9 Å². The molecular weight excluding hydrogens is 419 g/mol. The Bertz CT molecular complexity index is 1020. The van der Waals surface area contributed by atoms with Crippen molar-refractivity contribution in [3.8, 4) is 5.75 Å². The summed E-state index contributed by atoms with van der Waals surface area (Å²) in [5.74, 6) is -0.408. The molecule has 0 saturated carbocycles. The number of carbonyl (C=O) groups excluding carboxylic acids is 1. The van der Waals surface area contributed by atoms with E-state index in [4.69, 9.17) is 4.74 Å². The summed E-state index contributed by atoms with van der Waals surface area (Å²) in [4.78, 5) is 12.4. The molecule has 0 spiro atoms. The maximum absolute atomic E-state index is 13.8. The number of nitrogens with zero attached hydrogens (tertiary/aromatic N) is 1. The maximum atomic E-state index is 13.8. The Hall–Kier alpha value is -2.45. The van der Waals surface area contributed by atoms with E-state index in [9.17, 15) is 17.6 Å². The molecule has 0 bridgehead atoms. The third-order valence-corrected chi connectivity index (χ3v) is 7.34. The molecule has 1 aliphatic heterocycles. The number of benzene rings is 2. The number of amides is 1. The summed E-state index contributed by atoms with van der Waals surface area (Å²) in [7, 11) is -3.63. The molecule has 0 radical (unpaired) electrons. The summed E-state index contributed by atoms with van der Waals surface area (Å²) < 4.78 is 46.2. The van der Waals surface area contributed by atoms with E-state index in [1.54, 1.807) is 6.07 Å². The summed E-state index contributed by atoms with van der Waals surface area (Å²) in [6.45, 7) is 5.24. The summed E-state index contributed by atoms with van der Waals surface area (Å²) in [5, 5.41) is 2.88. The number of nitrogens with one attached hydrogen (secondary N) is 1. The first-order valence-corrected chi connectivity index (χ1v) is 12.1. The van der Waals surface area contributed by atoms with E-state index >= 15 is 0 Å². The van der Waals surface area contributed by atoms with Crippen LogP contribution in [-0.2, 0) is 20.6 Å². The lowest BCUT2D eigenvalue weighted by molar-refractivity contribution is -0.126. The van der Waals surface area contributed by atoms with E-state index in [1.807, 2.05) is 32.0 Å². The molecule has 6 nitrogen and oxygen atoms in total. The van der Waals surface area contributed by atoms with Crippen molar-refractivity contribution in [1.82, 2.24) is 9.62 Å². The number of rotatable bonds is 8. The molecule has 3 rings (SSSR count). The molecule has 1 aliphatic rings. The molecule has 0 aromatic heterocycles. The van der Waals surface area contributed by atoms with Crippen molar-refractivity contribution in [2.24, 2.45) is 5.92 Å². The fourth-order valence-electron chi connectivity index (χ4n) is 3.64. The lowest BCUT2D eigenvalue weighted by Gasteiger charge is -2.30. The number of ether oxygens (including phenoxy) is 1. The average Bonchev–Trinajstić information content (AvgIpc) is 2.75. The lowest BCUT2D eigenvalue weighted by Crippen LogP contribution is -2.44. The van der Waals surface area contributed by atoms with Gasteiger partial charge >= 0.3 is 0 Å². The minimum atomic E-state index is -3.63. The third-order valence-electron chi connectivity index (χ3n) is 5.52. The van der Waals surface area contributed by atoms with Gasteiger partial charge in [0, 0.05) is 24.6 Å². The van der Waals surface area contributed by atoms with Crippen LogP contribution in [0.2, 0.25) is 0 Å². The van der Waals surface area contributed by atoms with Gasteiger partial charge in [0.05, 0.1) is 12.3 Å². The Morgan fingerprint density at radius 2 is 1.87 bits per heavy atom.